The van der Waals surface area contributed by atoms with E-state index in [-0.39, 0.29) is 17.6 Å². The zero-order valence-corrected chi connectivity index (χ0v) is 15.0. The zero-order chi connectivity index (χ0) is 18.5. The van der Waals surface area contributed by atoms with Crippen LogP contribution in [0, 0.1) is 18.7 Å². The molecule has 0 aromatic heterocycles. The van der Waals surface area contributed by atoms with Crippen LogP contribution in [0.2, 0.25) is 0 Å². The van der Waals surface area contributed by atoms with Crippen molar-refractivity contribution in [1.29, 1.82) is 0 Å². The summed E-state index contributed by atoms with van der Waals surface area (Å²) in [6.07, 6.45) is 1.59. The van der Waals surface area contributed by atoms with Gasteiger partial charge in [0.1, 0.15) is 0 Å². The Morgan fingerprint density at radius 3 is 2.54 bits per heavy atom. The molecular formula is C20H23FN2O3. The summed E-state index contributed by atoms with van der Waals surface area (Å²) >= 11 is 0. The number of carbonyl (C=O) groups is 1. The van der Waals surface area contributed by atoms with Gasteiger partial charge in [-0.15, -0.1) is 0 Å². The molecule has 2 aromatic carbocycles. The number of methoxy groups -OCH3 is 1. The number of aryl methyl sites for hydroxylation is 1. The average Bonchev–Trinajstić information content (AvgIpc) is 2.65. The van der Waals surface area contributed by atoms with Crippen LogP contribution in [0.5, 0.6) is 17.2 Å². The highest BCUT2D eigenvalue weighted by atomic mass is 19.1. The van der Waals surface area contributed by atoms with Crippen molar-refractivity contribution in [2.45, 2.75) is 19.8 Å². The molecule has 0 spiro atoms. The smallest absolute Gasteiger partial charge is 0.227 e. The fourth-order valence-electron chi connectivity index (χ4n) is 2.97. The van der Waals surface area contributed by atoms with E-state index >= 15 is 0 Å². The van der Waals surface area contributed by atoms with E-state index in [0.717, 1.165) is 31.5 Å². The number of amides is 1. The number of hydrogen-bond donors (Lipinski definition) is 2. The van der Waals surface area contributed by atoms with Gasteiger partial charge in [-0.2, -0.15) is 0 Å². The maximum absolute atomic E-state index is 14.4. The molecule has 1 aliphatic heterocycles. The fourth-order valence-corrected chi connectivity index (χ4v) is 2.97. The molecule has 26 heavy (non-hydrogen) atoms. The third-order valence-electron chi connectivity index (χ3n) is 4.45. The molecule has 0 aliphatic carbocycles. The molecule has 2 N–H and O–H groups in total. The van der Waals surface area contributed by atoms with Crippen molar-refractivity contribution >= 4 is 11.6 Å². The van der Waals surface area contributed by atoms with Gasteiger partial charge in [-0.05, 0) is 62.7 Å². The molecule has 3 rings (SSSR count). The molecule has 138 valence electrons. The molecule has 1 saturated heterocycles. The van der Waals surface area contributed by atoms with Crippen LogP contribution >= 0.6 is 0 Å². The van der Waals surface area contributed by atoms with Crippen molar-refractivity contribution in [1.82, 2.24) is 5.32 Å². The minimum atomic E-state index is -0.546. The van der Waals surface area contributed by atoms with Gasteiger partial charge in [-0.1, -0.05) is 6.07 Å². The first-order valence-electron chi connectivity index (χ1n) is 8.70. The molecule has 1 aliphatic rings. The molecule has 0 bridgehead atoms. The molecule has 0 radical (unpaired) electrons. The van der Waals surface area contributed by atoms with Gasteiger partial charge in [0.25, 0.3) is 0 Å². The minimum absolute atomic E-state index is 0.0351. The van der Waals surface area contributed by atoms with E-state index in [1.807, 2.05) is 19.1 Å². The summed E-state index contributed by atoms with van der Waals surface area (Å²) in [6, 6.07) is 9.84. The van der Waals surface area contributed by atoms with E-state index in [1.54, 1.807) is 12.1 Å². The van der Waals surface area contributed by atoms with Crippen LogP contribution in [0.3, 0.4) is 0 Å². The number of nitrogens with one attached hydrogen (secondary N) is 2. The Bertz CT molecular complexity index is 789. The first kappa shape index (κ1) is 18.2. The Hall–Kier alpha value is -2.60. The van der Waals surface area contributed by atoms with E-state index in [4.69, 9.17) is 9.47 Å². The lowest BCUT2D eigenvalue weighted by Crippen LogP contribution is -2.34. The van der Waals surface area contributed by atoms with E-state index in [9.17, 15) is 9.18 Å². The van der Waals surface area contributed by atoms with Gasteiger partial charge in [0.15, 0.2) is 23.1 Å². The number of carbonyl (C=O) groups excluding carboxylic acids is 1. The molecule has 0 saturated carbocycles. The van der Waals surface area contributed by atoms with E-state index in [1.165, 1.54) is 19.2 Å². The van der Waals surface area contributed by atoms with Gasteiger partial charge < -0.3 is 20.1 Å². The number of halogens is 1. The zero-order valence-electron chi connectivity index (χ0n) is 15.0. The normalized spacial score (nSPS) is 14.7. The summed E-state index contributed by atoms with van der Waals surface area (Å²) in [5.74, 6) is 0.394. The second-order valence-electron chi connectivity index (χ2n) is 6.42. The van der Waals surface area contributed by atoms with E-state index in [2.05, 4.69) is 10.6 Å². The number of piperidine rings is 1. The lowest BCUT2D eigenvalue weighted by molar-refractivity contribution is -0.120. The first-order chi connectivity index (χ1) is 12.6. The van der Waals surface area contributed by atoms with Crippen LogP contribution in [0.1, 0.15) is 18.4 Å². The summed E-state index contributed by atoms with van der Waals surface area (Å²) in [5.41, 5.74) is 1.44. The van der Waals surface area contributed by atoms with Crippen molar-refractivity contribution in [2.75, 3.05) is 25.5 Å². The molecule has 1 heterocycles. The Morgan fingerprint density at radius 1 is 1.12 bits per heavy atom. The third-order valence-corrected chi connectivity index (χ3v) is 4.45. The number of anilines is 1. The fraction of sp³-hybridized carbons (Fsp3) is 0.350. The van der Waals surface area contributed by atoms with Crippen molar-refractivity contribution in [3.05, 3.63) is 47.8 Å². The Kier molecular flexibility index (Phi) is 5.73. The third kappa shape index (κ3) is 4.32. The molecule has 0 atom stereocenters. The second-order valence-corrected chi connectivity index (χ2v) is 6.42. The highest BCUT2D eigenvalue weighted by molar-refractivity contribution is 5.92. The maximum Gasteiger partial charge on any atom is 0.227 e. The highest BCUT2D eigenvalue weighted by Crippen LogP contribution is 2.34. The predicted molar refractivity (Wildman–Crippen MR) is 98.4 cm³/mol. The quantitative estimate of drug-likeness (QED) is 0.852. The predicted octanol–water partition coefficient (Wildman–Crippen LogP) is 3.87. The number of ether oxygens (including phenoxy) is 2. The van der Waals surface area contributed by atoms with Gasteiger partial charge in [-0.3, -0.25) is 4.79 Å². The van der Waals surface area contributed by atoms with Crippen LogP contribution in [0.15, 0.2) is 36.4 Å². The van der Waals surface area contributed by atoms with Gasteiger partial charge in [0, 0.05) is 17.7 Å². The van der Waals surface area contributed by atoms with Crippen molar-refractivity contribution < 1.29 is 18.7 Å². The number of rotatable bonds is 5. The summed E-state index contributed by atoms with van der Waals surface area (Å²) < 4.78 is 25.3. The summed E-state index contributed by atoms with van der Waals surface area (Å²) in [7, 11) is 1.54. The Labute approximate surface area is 152 Å². The average molecular weight is 358 g/mol. The second kappa shape index (κ2) is 8.19. The largest absolute Gasteiger partial charge is 0.493 e. The standard InChI is InChI=1S/C20H23FN2O3/c1-13-3-5-18(19(11-13)25-2)26-17-6-4-15(12-16(17)21)23-20(24)14-7-9-22-10-8-14/h3-6,11-12,14,22H,7-10H2,1-2H3,(H,23,24). The van der Waals surface area contributed by atoms with Crippen LogP contribution in [-0.2, 0) is 4.79 Å². The molecule has 5 nitrogen and oxygen atoms in total. The molecule has 1 fully saturated rings. The van der Waals surface area contributed by atoms with Crippen LogP contribution in [-0.4, -0.2) is 26.1 Å². The van der Waals surface area contributed by atoms with Gasteiger partial charge in [0.05, 0.1) is 7.11 Å². The first-order valence-corrected chi connectivity index (χ1v) is 8.70. The molecular weight excluding hydrogens is 335 g/mol. The minimum Gasteiger partial charge on any atom is -0.493 e. The van der Waals surface area contributed by atoms with Gasteiger partial charge in [-0.25, -0.2) is 4.39 Å². The van der Waals surface area contributed by atoms with Crippen LogP contribution in [0.25, 0.3) is 0 Å². The number of hydrogen-bond acceptors (Lipinski definition) is 4. The SMILES string of the molecule is COc1cc(C)ccc1Oc1ccc(NC(=O)C2CCNCC2)cc1F. The lowest BCUT2D eigenvalue weighted by atomic mass is 9.97. The summed E-state index contributed by atoms with van der Waals surface area (Å²) in [4.78, 5) is 12.3. The van der Waals surface area contributed by atoms with Gasteiger partial charge >= 0.3 is 0 Å². The molecule has 0 unspecified atom stereocenters. The topological polar surface area (TPSA) is 59.6 Å². The van der Waals surface area contributed by atoms with Gasteiger partial charge in [0.2, 0.25) is 5.91 Å². The molecule has 1 amide bonds. The van der Waals surface area contributed by atoms with E-state index < -0.39 is 5.82 Å². The molecule has 6 heteroatoms. The monoisotopic (exact) mass is 358 g/mol. The highest BCUT2D eigenvalue weighted by Gasteiger charge is 2.21. The van der Waals surface area contributed by atoms with Crippen molar-refractivity contribution in [2.24, 2.45) is 5.92 Å². The summed E-state index contributed by atoms with van der Waals surface area (Å²) in [5, 5.41) is 6.01. The van der Waals surface area contributed by atoms with Crippen molar-refractivity contribution in [3.63, 3.8) is 0 Å². The Balaban J connectivity index is 1.70. The molecule has 2 aromatic rings. The van der Waals surface area contributed by atoms with Crippen LogP contribution < -0.4 is 20.1 Å². The van der Waals surface area contributed by atoms with E-state index in [0.29, 0.717) is 17.2 Å². The lowest BCUT2D eigenvalue weighted by Gasteiger charge is -2.21. The van der Waals surface area contributed by atoms with Crippen LogP contribution in [0.4, 0.5) is 10.1 Å². The maximum atomic E-state index is 14.4. The number of benzene rings is 2. The summed E-state index contributed by atoms with van der Waals surface area (Å²) in [6.45, 7) is 3.60. The Morgan fingerprint density at radius 2 is 1.85 bits per heavy atom. The van der Waals surface area contributed by atoms with Crippen molar-refractivity contribution in [3.8, 4) is 17.2 Å².